The Kier molecular flexibility index (Phi) is 5.66. The van der Waals surface area contributed by atoms with E-state index in [-0.39, 0.29) is 42.3 Å². The van der Waals surface area contributed by atoms with Gasteiger partial charge in [0.25, 0.3) is 0 Å². The minimum absolute atomic E-state index is 0.0396. The highest BCUT2D eigenvalue weighted by atomic mass is 19.1. The van der Waals surface area contributed by atoms with Gasteiger partial charge in [-0.1, -0.05) is 0 Å². The van der Waals surface area contributed by atoms with Crippen LogP contribution >= 0.6 is 0 Å². The number of aromatic nitrogens is 1. The molecule has 33 heavy (non-hydrogen) atoms. The molecule has 5 nitrogen and oxygen atoms in total. The van der Waals surface area contributed by atoms with Gasteiger partial charge >= 0.3 is 0 Å². The highest BCUT2D eigenvalue weighted by Gasteiger charge is 2.41. The zero-order chi connectivity index (χ0) is 23.3. The van der Waals surface area contributed by atoms with Gasteiger partial charge in [-0.05, 0) is 66.6 Å². The van der Waals surface area contributed by atoms with E-state index >= 15 is 0 Å². The third kappa shape index (κ3) is 3.91. The summed E-state index contributed by atoms with van der Waals surface area (Å²) in [7, 11) is 0. The fraction of sp³-hybridized carbons (Fsp3) is 0.400. The summed E-state index contributed by atoms with van der Waals surface area (Å²) < 4.78 is 42.0. The smallest absolute Gasteiger partial charge is 0.225 e. The molecule has 0 unspecified atom stereocenters. The lowest BCUT2D eigenvalue weighted by atomic mass is 9.69. The number of benzene rings is 2. The van der Waals surface area contributed by atoms with E-state index in [0.29, 0.717) is 42.5 Å². The zero-order valence-electron chi connectivity index (χ0n) is 17.9. The number of aromatic amines is 1. The summed E-state index contributed by atoms with van der Waals surface area (Å²) >= 11 is 0. The van der Waals surface area contributed by atoms with Crippen LogP contribution in [0.15, 0.2) is 36.4 Å². The predicted molar refractivity (Wildman–Crippen MR) is 117 cm³/mol. The van der Waals surface area contributed by atoms with Crippen molar-refractivity contribution in [2.24, 2.45) is 11.8 Å². The maximum Gasteiger partial charge on any atom is 0.225 e. The zero-order valence-corrected chi connectivity index (χ0v) is 17.9. The first-order valence-electron chi connectivity index (χ1n) is 11.2. The Balaban J connectivity index is 1.42. The molecule has 2 fully saturated rings. The predicted octanol–water partition coefficient (Wildman–Crippen LogP) is 3.95. The van der Waals surface area contributed by atoms with E-state index in [4.69, 9.17) is 0 Å². The van der Waals surface area contributed by atoms with Gasteiger partial charge in [-0.15, -0.1) is 0 Å². The van der Waals surface area contributed by atoms with Crippen LogP contribution in [-0.4, -0.2) is 51.8 Å². The summed E-state index contributed by atoms with van der Waals surface area (Å²) in [4.78, 5) is 17.7. The average molecular weight is 458 g/mol. The molecule has 2 aliphatic rings. The summed E-state index contributed by atoms with van der Waals surface area (Å²) in [6.07, 6.45) is 0.852. The number of hydrogen-bond acceptors (Lipinski definition) is 3. The molecular weight excluding hydrogens is 433 g/mol. The minimum Gasteiger partial charge on any atom is -0.396 e. The number of hydrogen-bond donors (Lipinski definition) is 3. The van der Waals surface area contributed by atoms with Crippen molar-refractivity contribution in [1.82, 2.24) is 9.88 Å². The third-order valence-electron chi connectivity index (χ3n) is 7.16. The molecule has 1 aliphatic carbocycles. The number of β-amino-alcohol motifs (C(OH)–C–C–N with tert-alkyl or cyclic N) is 1. The average Bonchev–Trinajstić information content (AvgIpc) is 3.12. The van der Waals surface area contributed by atoms with E-state index in [9.17, 15) is 28.2 Å². The van der Waals surface area contributed by atoms with Gasteiger partial charge in [0.15, 0.2) is 0 Å². The Hall–Kier alpha value is -2.84. The maximum atomic E-state index is 14.5. The second-order valence-corrected chi connectivity index (χ2v) is 9.18. The van der Waals surface area contributed by atoms with Crippen molar-refractivity contribution in [3.8, 4) is 11.3 Å². The number of likely N-dealkylation sites (tertiary alicyclic amines) is 1. The SMILES string of the molecule is O=C([C@H]1C[C@H](c2c(-c3ccc(F)cc3)[nH]c3c(F)cc(F)cc32)C1)N1CC[C@H](CO)[C@H](O)C1. The molecule has 0 bridgehead atoms. The molecule has 3 N–H and O–H groups in total. The molecule has 5 rings (SSSR count). The van der Waals surface area contributed by atoms with Gasteiger partial charge in [0.2, 0.25) is 5.91 Å². The third-order valence-corrected chi connectivity index (χ3v) is 7.16. The number of nitrogens with zero attached hydrogens (tertiary/aromatic N) is 1. The lowest BCUT2D eigenvalue weighted by Crippen LogP contribution is -2.50. The topological polar surface area (TPSA) is 76.6 Å². The van der Waals surface area contributed by atoms with Gasteiger partial charge in [-0.3, -0.25) is 4.79 Å². The van der Waals surface area contributed by atoms with Crippen LogP contribution in [-0.2, 0) is 4.79 Å². The van der Waals surface area contributed by atoms with Gasteiger partial charge in [-0.2, -0.15) is 0 Å². The number of carbonyl (C=O) groups excluding carboxylic acids is 1. The molecule has 8 heteroatoms. The van der Waals surface area contributed by atoms with Crippen LogP contribution in [0.3, 0.4) is 0 Å². The van der Waals surface area contributed by atoms with Crippen molar-refractivity contribution in [3.63, 3.8) is 0 Å². The van der Waals surface area contributed by atoms with Crippen molar-refractivity contribution in [1.29, 1.82) is 0 Å². The maximum absolute atomic E-state index is 14.5. The Morgan fingerprint density at radius 2 is 1.82 bits per heavy atom. The summed E-state index contributed by atoms with van der Waals surface area (Å²) in [5.41, 5.74) is 2.18. The van der Waals surface area contributed by atoms with Crippen LogP contribution < -0.4 is 0 Å². The van der Waals surface area contributed by atoms with Crippen LogP contribution in [0.1, 0.15) is 30.7 Å². The highest BCUT2D eigenvalue weighted by Crippen LogP contribution is 2.49. The number of aliphatic hydroxyl groups excluding tert-OH is 2. The summed E-state index contributed by atoms with van der Waals surface area (Å²) in [5, 5.41) is 19.9. The minimum atomic E-state index is -0.742. The molecule has 2 aromatic carbocycles. The Labute approximate surface area is 188 Å². The van der Waals surface area contributed by atoms with E-state index in [1.54, 1.807) is 17.0 Å². The summed E-state index contributed by atoms with van der Waals surface area (Å²) in [6, 6.07) is 7.93. The Morgan fingerprint density at radius 3 is 2.48 bits per heavy atom. The molecule has 3 aromatic rings. The highest BCUT2D eigenvalue weighted by molar-refractivity contribution is 5.92. The van der Waals surface area contributed by atoms with E-state index in [1.807, 2.05) is 0 Å². The number of amides is 1. The quantitative estimate of drug-likeness (QED) is 0.554. The van der Waals surface area contributed by atoms with Crippen LogP contribution in [0.4, 0.5) is 13.2 Å². The van der Waals surface area contributed by atoms with Crippen molar-refractivity contribution >= 4 is 16.8 Å². The number of nitrogens with one attached hydrogen (secondary N) is 1. The number of aliphatic hydroxyl groups is 2. The number of rotatable bonds is 4. The molecule has 2 heterocycles. The molecule has 174 valence electrons. The fourth-order valence-corrected chi connectivity index (χ4v) is 5.22. The molecule has 0 radical (unpaired) electrons. The standard InChI is InChI=1S/C25H25F3N2O3/c26-17-3-1-13(2-4-17)23-22(19-9-18(27)10-20(28)24(19)29-23)15-7-16(8-15)25(33)30-6-5-14(12-31)21(32)11-30/h1-4,9-10,14-16,21,29,31-32H,5-8,11-12H2/t14-,15-,16-,21-/m1/s1. The number of H-pyrrole nitrogens is 1. The molecule has 1 aliphatic heterocycles. The summed E-state index contributed by atoms with van der Waals surface area (Å²) in [6.45, 7) is 0.594. The van der Waals surface area contributed by atoms with Crippen molar-refractivity contribution in [2.75, 3.05) is 19.7 Å². The van der Waals surface area contributed by atoms with Crippen LogP contribution in [0.25, 0.3) is 22.2 Å². The first kappa shape index (κ1) is 22.0. The molecule has 1 aromatic heterocycles. The van der Waals surface area contributed by atoms with Crippen molar-refractivity contribution in [3.05, 3.63) is 59.4 Å². The van der Waals surface area contributed by atoms with Gasteiger partial charge in [0.05, 0.1) is 17.3 Å². The number of halogens is 3. The molecule has 2 atom stereocenters. The van der Waals surface area contributed by atoms with Gasteiger partial charge in [0.1, 0.15) is 17.5 Å². The summed E-state index contributed by atoms with van der Waals surface area (Å²) in [5.74, 6) is -2.35. The molecule has 0 spiro atoms. The lowest BCUT2D eigenvalue weighted by molar-refractivity contribution is -0.143. The van der Waals surface area contributed by atoms with Crippen LogP contribution in [0, 0.1) is 29.3 Å². The van der Waals surface area contributed by atoms with E-state index in [2.05, 4.69) is 4.98 Å². The van der Waals surface area contributed by atoms with Gasteiger partial charge < -0.3 is 20.1 Å². The fourth-order valence-electron chi connectivity index (χ4n) is 5.22. The number of carbonyl (C=O) groups is 1. The molecule has 1 saturated heterocycles. The van der Waals surface area contributed by atoms with E-state index in [1.165, 1.54) is 18.2 Å². The Morgan fingerprint density at radius 1 is 1.09 bits per heavy atom. The monoisotopic (exact) mass is 458 g/mol. The molecule has 1 saturated carbocycles. The molecule has 1 amide bonds. The largest absolute Gasteiger partial charge is 0.396 e. The lowest BCUT2D eigenvalue weighted by Gasteiger charge is -2.41. The normalized spacial score (nSPS) is 25.3. The first-order valence-corrected chi connectivity index (χ1v) is 11.2. The Bertz CT molecular complexity index is 1190. The number of fused-ring (bicyclic) bond motifs is 1. The second-order valence-electron chi connectivity index (χ2n) is 9.18. The van der Waals surface area contributed by atoms with Crippen LogP contribution in [0.5, 0.6) is 0 Å². The first-order chi connectivity index (χ1) is 15.9. The van der Waals surface area contributed by atoms with E-state index < -0.39 is 23.6 Å². The van der Waals surface area contributed by atoms with Crippen LogP contribution in [0.2, 0.25) is 0 Å². The second kappa shape index (κ2) is 8.50. The van der Waals surface area contributed by atoms with Crippen molar-refractivity contribution < 1.29 is 28.2 Å². The number of piperidine rings is 1. The van der Waals surface area contributed by atoms with Gasteiger partial charge in [-0.25, -0.2) is 13.2 Å². The van der Waals surface area contributed by atoms with E-state index in [0.717, 1.165) is 11.6 Å². The molecular formula is C25H25F3N2O3. The van der Waals surface area contributed by atoms with Gasteiger partial charge in [0, 0.05) is 43.0 Å². The van der Waals surface area contributed by atoms with Crippen molar-refractivity contribution in [2.45, 2.75) is 31.3 Å².